The van der Waals surface area contributed by atoms with Crippen LogP contribution < -0.4 is 4.90 Å². The topological polar surface area (TPSA) is 49.1 Å². The highest BCUT2D eigenvalue weighted by atomic mass is 35.5. The van der Waals surface area contributed by atoms with Gasteiger partial charge in [-0.1, -0.05) is 11.6 Å². The number of nitrogens with zero attached hydrogens (tertiary/aromatic N) is 3. The number of pyridine rings is 1. The van der Waals surface area contributed by atoms with E-state index in [0.29, 0.717) is 23.0 Å². The zero-order chi connectivity index (χ0) is 12.0. The number of nitriles is 1. The van der Waals surface area contributed by atoms with Gasteiger partial charge < -0.3 is 9.64 Å². The van der Waals surface area contributed by atoms with Crippen molar-refractivity contribution in [3.05, 3.63) is 22.8 Å². The lowest BCUT2D eigenvalue weighted by molar-refractivity contribution is 0.196. The normalized spacial score (nSPS) is 9.88. The molecule has 4 nitrogen and oxygen atoms in total. The van der Waals surface area contributed by atoms with E-state index in [1.54, 1.807) is 19.4 Å². The lowest BCUT2D eigenvalue weighted by Crippen LogP contribution is -2.21. The molecule has 0 atom stereocenters. The highest BCUT2D eigenvalue weighted by molar-refractivity contribution is 6.34. The van der Waals surface area contributed by atoms with E-state index in [-0.39, 0.29) is 0 Å². The number of halogens is 1. The number of ether oxygens (including phenoxy) is 1. The molecule has 0 radical (unpaired) electrons. The molecule has 0 aromatic carbocycles. The molecule has 0 saturated carbocycles. The first-order valence-corrected chi connectivity index (χ1v) is 5.33. The molecule has 0 saturated heterocycles. The van der Waals surface area contributed by atoms with E-state index in [1.807, 2.05) is 18.0 Å². The monoisotopic (exact) mass is 239 g/mol. The van der Waals surface area contributed by atoms with Gasteiger partial charge in [-0.2, -0.15) is 5.26 Å². The predicted octanol–water partition coefficient (Wildman–Crippen LogP) is 2.08. The molecule has 0 N–H and O–H groups in total. The molecule has 86 valence electrons. The summed E-state index contributed by atoms with van der Waals surface area (Å²) in [6.45, 7) is 1.48. The van der Waals surface area contributed by atoms with E-state index in [2.05, 4.69) is 4.98 Å². The lowest BCUT2D eigenvalue weighted by Gasteiger charge is -2.19. The summed E-state index contributed by atoms with van der Waals surface area (Å²) in [6, 6.07) is 3.64. The summed E-state index contributed by atoms with van der Waals surface area (Å²) < 4.78 is 4.97. The number of hydrogen-bond donors (Lipinski definition) is 0. The van der Waals surface area contributed by atoms with Gasteiger partial charge in [0.05, 0.1) is 5.56 Å². The van der Waals surface area contributed by atoms with Gasteiger partial charge in [0.15, 0.2) is 0 Å². The van der Waals surface area contributed by atoms with Crippen molar-refractivity contribution in [2.75, 3.05) is 32.2 Å². The number of hydrogen-bond acceptors (Lipinski definition) is 4. The molecule has 0 aliphatic heterocycles. The van der Waals surface area contributed by atoms with Gasteiger partial charge in [-0.15, -0.1) is 0 Å². The van der Waals surface area contributed by atoms with E-state index >= 15 is 0 Å². The maximum absolute atomic E-state index is 8.84. The fourth-order valence-corrected chi connectivity index (χ4v) is 1.64. The smallest absolute Gasteiger partial charge is 0.148 e. The first-order chi connectivity index (χ1) is 7.70. The van der Waals surface area contributed by atoms with Crippen molar-refractivity contribution in [1.29, 1.82) is 5.26 Å². The predicted molar refractivity (Wildman–Crippen MR) is 63.7 cm³/mol. The average Bonchev–Trinajstić information content (AvgIpc) is 2.29. The molecule has 0 amide bonds. The van der Waals surface area contributed by atoms with Crippen LogP contribution >= 0.6 is 11.6 Å². The molecular formula is C11H14ClN3O. The summed E-state index contributed by atoms with van der Waals surface area (Å²) in [6.07, 6.45) is 2.48. The van der Waals surface area contributed by atoms with Crippen LogP contribution in [0.1, 0.15) is 12.0 Å². The Labute approximate surface area is 100 Å². The van der Waals surface area contributed by atoms with Crippen LogP contribution in [0.4, 0.5) is 5.82 Å². The number of methoxy groups -OCH3 is 1. The summed E-state index contributed by atoms with van der Waals surface area (Å²) in [4.78, 5) is 6.09. The van der Waals surface area contributed by atoms with Crippen molar-refractivity contribution < 1.29 is 4.74 Å². The molecule has 5 heteroatoms. The SMILES string of the molecule is COCCCN(C)c1nccc(C#N)c1Cl. The van der Waals surface area contributed by atoms with Crippen LogP contribution in [0.2, 0.25) is 5.02 Å². The van der Waals surface area contributed by atoms with Gasteiger partial charge in [0.2, 0.25) is 0 Å². The van der Waals surface area contributed by atoms with Gasteiger partial charge in [-0.25, -0.2) is 4.98 Å². The third-order valence-electron chi connectivity index (χ3n) is 2.19. The molecule has 1 heterocycles. The van der Waals surface area contributed by atoms with E-state index in [1.165, 1.54) is 0 Å². The number of anilines is 1. The summed E-state index contributed by atoms with van der Waals surface area (Å²) >= 11 is 6.06. The van der Waals surface area contributed by atoms with Crippen LogP contribution in [0, 0.1) is 11.3 Å². The lowest BCUT2D eigenvalue weighted by atomic mass is 10.2. The van der Waals surface area contributed by atoms with Gasteiger partial charge in [-0.3, -0.25) is 0 Å². The Kier molecular flexibility index (Phi) is 5.03. The van der Waals surface area contributed by atoms with Crippen LogP contribution in [0.3, 0.4) is 0 Å². The number of rotatable bonds is 5. The maximum Gasteiger partial charge on any atom is 0.148 e. The Morgan fingerprint density at radius 2 is 2.38 bits per heavy atom. The van der Waals surface area contributed by atoms with Crippen molar-refractivity contribution >= 4 is 17.4 Å². The number of aromatic nitrogens is 1. The Hall–Kier alpha value is -1.31. The van der Waals surface area contributed by atoms with Crippen LogP contribution in [0.25, 0.3) is 0 Å². The van der Waals surface area contributed by atoms with Crippen molar-refractivity contribution in [3.63, 3.8) is 0 Å². The minimum Gasteiger partial charge on any atom is -0.385 e. The Bertz CT molecular complexity index is 389. The van der Waals surface area contributed by atoms with E-state index in [4.69, 9.17) is 21.6 Å². The van der Waals surface area contributed by atoms with Gasteiger partial charge in [0.1, 0.15) is 16.9 Å². The summed E-state index contributed by atoms with van der Waals surface area (Å²) in [5, 5.41) is 9.25. The first kappa shape index (κ1) is 12.8. The van der Waals surface area contributed by atoms with Crippen LogP contribution in [0.15, 0.2) is 12.3 Å². The van der Waals surface area contributed by atoms with Crippen molar-refractivity contribution in [3.8, 4) is 6.07 Å². The molecule has 1 rings (SSSR count). The average molecular weight is 240 g/mol. The molecular weight excluding hydrogens is 226 g/mol. The molecule has 0 aliphatic carbocycles. The van der Waals surface area contributed by atoms with Crippen molar-refractivity contribution in [2.45, 2.75) is 6.42 Å². The minimum absolute atomic E-state index is 0.407. The van der Waals surface area contributed by atoms with Crippen LogP contribution in [-0.2, 0) is 4.74 Å². The highest BCUT2D eigenvalue weighted by Gasteiger charge is 2.10. The quantitative estimate of drug-likeness (QED) is 0.739. The fourth-order valence-electron chi connectivity index (χ4n) is 1.34. The molecule has 1 aromatic heterocycles. The molecule has 0 aliphatic rings. The summed E-state index contributed by atoms with van der Waals surface area (Å²) in [7, 11) is 3.56. The standard InChI is InChI=1S/C11H14ClN3O/c1-15(6-3-7-16-2)11-10(12)9(8-13)4-5-14-11/h4-5H,3,6-7H2,1-2H3. The third-order valence-corrected chi connectivity index (χ3v) is 2.57. The molecule has 0 spiro atoms. The minimum atomic E-state index is 0.407. The molecule has 16 heavy (non-hydrogen) atoms. The molecule has 0 unspecified atom stereocenters. The summed E-state index contributed by atoms with van der Waals surface area (Å²) in [5.74, 6) is 0.636. The van der Waals surface area contributed by atoms with Crippen molar-refractivity contribution in [1.82, 2.24) is 4.98 Å². The van der Waals surface area contributed by atoms with Gasteiger partial charge in [-0.05, 0) is 12.5 Å². The second-order valence-corrected chi connectivity index (χ2v) is 3.75. The van der Waals surface area contributed by atoms with E-state index in [9.17, 15) is 0 Å². The molecule has 0 fully saturated rings. The van der Waals surface area contributed by atoms with Gasteiger partial charge in [0.25, 0.3) is 0 Å². The van der Waals surface area contributed by atoms with E-state index in [0.717, 1.165) is 13.0 Å². The summed E-state index contributed by atoms with van der Waals surface area (Å²) in [5.41, 5.74) is 0.449. The first-order valence-electron chi connectivity index (χ1n) is 4.95. The largest absolute Gasteiger partial charge is 0.385 e. The molecule has 0 bridgehead atoms. The zero-order valence-electron chi connectivity index (χ0n) is 9.40. The third kappa shape index (κ3) is 3.09. The Balaban J connectivity index is 2.76. The van der Waals surface area contributed by atoms with Gasteiger partial charge in [0, 0.05) is 33.5 Å². The van der Waals surface area contributed by atoms with Crippen LogP contribution in [0.5, 0.6) is 0 Å². The van der Waals surface area contributed by atoms with Crippen LogP contribution in [-0.4, -0.2) is 32.3 Å². The Morgan fingerprint density at radius 3 is 3.00 bits per heavy atom. The zero-order valence-corrected chi connectivity index (χ0v) is 10.2. The Morgan fingerprint density at radius 1 is 1.62 bits per heavy atom. The second kappa shape index (κ2) is 6.31. The second-order valence-electron chi connectivity index (χ2n) is 3.38. The fraction of sp³-hybridized carbons (Fsp3) is 0.455. The highest BCUT2D eigenvalue weighted by Crippen LogP contribution is 2.25. The maximum atomic E-state index is 8.84. The van der Waals surface area contributed by atoms with E-state index < -0.39 is 0 Å². The van der Waals surface area contributed by atoms with Crippen molar-refractivity contribution in [2.24, 2.45) is 0 Å². The van der Waals surface area contributed by atoms with Gasteiger partial charge >= 0.3 is 0 Å². The molecule has 1 aromatic rings.